The van der Waals surface area contributed by atoms with Crippen LogP contribution in [0.2, 0.25) is 0 Å². The number of hydrogen-bond acceptors (Lipinski definition) is 5. The predicted octanol–water partition coefficient (Wildman–Crippen LogP) is 2.41. The number of rotatable bonds is 9. The van der Waals surface area contributed by atoms with Gasteiger partial charge >= 0.3 is 0 Å². The van der Waals surface area contributed by atoms with Crippen LogP contribution in [-0.4, -0.2) is 50.2 Å². The molecule has 0 aromatic heterocycles. The van der Waals surface area contributed by atoms with Crippen LogP contribution in [0.3, 0.4) is 0 Å². The molecule has 0 atom stereocenters. The van der Waals surface area contributed by atoms with Crippen LogP contribution >= 0.6 is 11.8 Å². The van der Waals surface area contributed by atoms with E-state index in [-0.39, 0.29) is 5.75 Å². The first-order valence-electron chi connectivity index (χ1n) is 7.06. The van der Waals surface area contributed by atoms with Crippen LogP contribution in [0, 0.1) is 11.3 Å². The summed E-state index contributed by atoms with van der Waals surface area (Å²) in [5.74, 6) is 1.69. The van der Waals surface area contributed by atoms with E-state index in [1.54, 1.807) is 23.9 Å². The minimum absolute atomic E-state index is 0.141. The SMILES string of the molecule is CCN(CC)CCSCCS(=O)(=O)c1ccc(C#N)cc1. The van der Waals surface area contributed by atoms with Crippen LogP contribution < -0.4 is 0 Å². The Balaban J connectivity index is 2.41. The largest absolute Gasteiger partial charge is 0.303 e. The van der Waals surface area contributed by atoms with E-state index < -0.39 is 9.84 Å². The molecule has 0 radical (unpaired) electrons. The molecule has 0 amide bonds. The molecule has 0 unspecified atom stereocenters. The summed E-state index contributed by atoms with van der Waals surface area (Å²) in [6.45, 7) is 7.31. The lowest BCUT2D eigenvalue weighted by atomic mass is 10.2. The highest BCUT2D eigenvalue weighted by Gasteiger charge is 2.14. The molecule has 0 spiro atoms. The molecular weight excluding hydrogens is 304 g/mol. The molecule has 21 heavy (non-hydrogen) atoms. The zero-order valence-corrected chi connectivity index (χ0v) is 14.2. The average molecular weight is 326 g/mol. The summed E-state index contributed by atoms with van der Waals surface area (Å²) in [7, 11) is -3.24. The number of benzene rings is 1. The molecule has 0 bridgehead atoms. The van der Waals surface area contributed by atoms with Crippen molar-refractivity contribution in [2.75, 3.05) is 36.9 Å². The predicted molar refractivity (Wildman–Crippen MR) is 88.3 cm³/mol. The Morgan fingerprint density at radius 2 is 1.76 bits per heavy atom. The van der Waals surface area contributed by atoms with Gasteiger partial charge in [-0.25, -0.2) is 8.42 Å². The monoisotopic (exact) mass is 326 g/mol. The van der Waals surface area contributed by atoms with Crippen molar-refractivity contribution < 1.29 is 8.42 Å². The Hall–Kier alpha value is -1.03. The first-order valence-corrected chi connectivity index (χ1v) is 9.87. The van der Waals surface area contributed by atoms with Crippen molar-refractivity contribution in [1.82, 2.24) is 4.90 Å². The van der Waals surface area contributed by atoms with E-state index >= 15 is 0 Å². The topological polar surface area (TPSA) is 61.2 Å². The first-order chi connectivity index (χ1) is 10.0. The zero-order chi connectivity index (χ0) is 15.7. The van der Waals surface area contributed by atoms with Gasteiger partial charge in [-0.1, -0.05) is 13.8 Å². The summed E-state index contributed by atoms with van der Waals surface area (Å²) in [4.78, 5) is 2.62. The summed E-state index contributed by atoms with van der Waals surface area (Å²) < 4.78 is 24.3. The van der Waals surface area contributed by atoms with Gasteiger partial charge in [-0.15, -0.1) is 0 Å². The minimum atomic E-state index is -3.24. The molecule has 0 saturated heterocycles. The molecule has 6 heteroatoms. The molecule has 0 aliphatic rings. The molecule has 116 valence electrons. The number of thioether (sulfide) groups is 1. The van der Waals surface area contributed by atoms with E-state index in [2.05, 4.69) is 18.7 Å². The Morgan fingerprint density at radius 1 is 1.14 bits per heavy atom. The molecule has 0 aliphatic carbocycles. The summed E-state index contributed by atoms with van der Waals surface area (Å²) >= 11 is 1.67. The van der Waals surface area contributed by atoms with Crippen LogP contribution in [0.25, 0.3) is 0 Å². The molecule has 0 fully saturated rings. The van der Waals surface area contributed by atoms with Crippen LogP contribution in [0.4, 0.5) is 0 Å². The van der Waals surface area contributed by atoms with Gasteiger partial charge in [-0.2, -0.15) is 17.0 Å². The van der Waals surface area contributed by atoms with Gasteiger partial charge < -0.3 is 4.90 Å². The third kappa shape index (κ3) is 6.08. The highest BCUT2D eigenvalue weighted by atomic mass is 32.2. The zero-order valence-electron chi connectivity index (χ0n) is 12.6. The summed E-state index contributed by atoms with van der Waals surface area (Å²) in [5, 5.41) is 8.71. The van der Waals surface area contributed by atoms with Gasteiger partial charge in [0.15, 0.2) is 9.84 Å². The molecule has 1 aromatic rings. The first kappa shape index (κ1) is 18.0. The number of nitrogens with zero attached hydrogens (tertiary/aromatic N) is 2. The maximum absolute atomic E-state index is 12.1. The number of nitriles is 1. The van der Waals surface area contributed by atoms with Crippen molar-refractivity contribution in [3.8, 4) is 6.07 Å². The van der Waals surface area contributed by atoms with Crippen LogP contribution in [-0.2, 0) is 9.84 Å². The highest BCUT2D eigenvalue weighted by Crippen LogP contribution is 2.14. The number of sulfone groups is 1. The fourth-order valence-electron chi connectivity index (χ4n) is 1.86. The van der Waals surface area contributed by atoms with Gasteiger partial charge in [0, 0.05) is 18.1 Å². The third-order valence-electron chi connectivity index (χ3n) is 3.29. The van der Waals surface area contributed by atoms with E-state index in [0.29, 0.717) is 16.2 Å². The third-order valence-corrected chi connectivity index (χ3v) is 6.24. The lowest BCUT2D eigenvalue weighted by molar-refractivity contribution is 0.324. The van der Waals surface area contributed by atoms with Gasteiger partial charge in [0.05, 0.1) is 22.3 Å². The summed E-state index contributed by atoms with van der Waals surface area (Å²) in [6.07, 6.45) is 0. The van der Waals surface area contributed by atoms with Gasteiger partial charge in [0.1, 0.15) is 0 Å². The molecule has 0 N–H and O–H groups in total. The van der Waals surface area contributed by atoms with E-state index in [4.69, 9.17) is 5.26 Å². The lowest BCUT2D eigenvalue weighted by Crippen LogP contribution is -2.25. The molecule has 0 heterocycles. The molecular formula is C15H22N2O2S2. The smallest absolute Gasteiger partial charge is 0.179 e. The molecule has 0 aliphatic heterocycles. The van der Waals surface area contributed by atoms with Gasteiger partial charge in [0.25, 0.3) is 0 Å². The highest BCUT2D eigenvalue weighted by molar-refractivity contribution is 8.00. The van der Waals surface area contributed by atoms with Crippen LogP contribution in [0.15, 0.2) is 29.2 Å². The van der Waals surface area contributed by atoms with Gasteiger partial charge in [-0.3, -0.25) is 0 Å². The molecule has 0 saturated carbocycles. The molecule has 4 nitrogen and oxygen atoms in total. The quantitative estimate of drug-likeness (QED) is 0.652. The van der Waals surface area contributed by atoms with E-state index in [1.807, 2.05) is 6.07 Å². The average Bonchev–Trinajstić information content (AvgIpc) is 2.51. The Kier molecular flexibility index (Phi) is 7.79. The van der Waals surface area contributed by atoms with Crippen molar-refractivity contribution in [1.29, 1.82) is 5.26 Å². The lowest BCUT2D eigenvalue weighted by Gasteiger charge is -2.17. The van der Waals surface area contributed by atoms with E-state index in [0.717, 1.165) is 25.4 Å². The fraction of sp³-hybridized carbons (Fsp3) is 0.533. The van der Waals surface area contributed by atoms with Crippen molar-refractivity contribution in [2.45, 2.75) is 18.7 Å². The second-order valence-electron chi connectivity index (χ2n) is 4.59. The van der Waals surface area contributed by atoms with Crippen LogP contribution in [0.5, 0.6) is 0 Å². The van der Waals surface area contributed by atoms with Gasteiger partial charge in [-0.05, 0) is 37.4 Å². The maximum Gasteiger partial charge on any atom is 0.179 e. The van der Waals surface area contributed by atoms with Crippen molar-refractivity contribution >= 4 is 21.6 Å². The fourth-order valence-corrected chi connectivity index (χ4v) is 4.59. The molecule has 1 rings (SSSR count). The standard InChI is InChI=1S/C15H22N2O2S2/c1-3-17(4-2)9-10-20-11-12-21(18,19)15-7-5-14(13-16)6-8-15/h5-8H,3-4,9-12H2,1-2H3. The Bertz CT molecular complexity index is 558. The minimum Gasteiger partial charge on any atom is -0.303 e. The second-order valence-corrected chi connectivity index (χ2v) is 7.93. The number of hydrogen-bond donors (Lipinski definition) is 0. The van der Waals surface area contributed by atoms with Gasteiger partial charge in [0.2, 0.25) is 0 Å². The molecule has 1 aromatic carbocycles. The summed E-state index contributed by atoms with van der Waals surface area (Å²) in [5.41, 5.74) is 0.475. The van der Waals surface area contributed by atoms with Crippen molar-refractivity contribution in [3.63, 3.8) is 0 Å². The summed E-state index contributed by atoms with van der Waals surface area (Å²) in [6, 6.07) is 8.08. The Labute approximate surface area is 132 Å². The normalized spacial score (nSPS) is 11.5. The van der Waals surface area contributed by atoms with E-state index in [9.17, 15) is 8.42 Å². The Morgan fingerprint density at radius 3 is 2.29 bits per heavy atom. The maximum atomic E-state index is 12.1. The van der Waals surface area contributed by atoms with E-state index in [1.165, 1.54) is 12.1 Å². The van der Waals surface area contributed by atoms with Crippen molar-refractivity contribution in [2.24, 2.45) is 0 Å². The van der Waals surface area contributed by atoms with Crippen molar-refractivity contribution in [3.05, 3.63) is 29.8 Å². The van der Waals surface area contributed by atoms with Crippen LogP contribution in [0.1, 0.15) is 19.4 Å². The second kappa shape index (κ2) is 9.08.